The normalized spacial score (nSPS) is 36.7. The molecule has 0 nitrogen and oxygen atoms in total. The summed E-state index contributed by atoms with van der Waals surface area (Å²) >= 11 is 0. The largest absolute Gasteiger partial charge is 0.0955 e. The zero-order valence-corrected chi connectivity index (χ0v) is 22.1. The fraction of sp³-hybridized carbons (Fsp3) is 0.500. The monoisotopic (exact) mass is 426 g/mol. The van der Waals surface area contributed by atoms with Crippen molar-refractivity contribution in [1.82, 2.24) is 0 Å². The van der Waals surface area contributed by atoms with Crippen molar-refractivity contribution in [2.24, 2.45) is 22.2 Å². The van der Waals surface area contributed by atoms with Crippen LogP contribution in [-0.2, 0) is 0 Å². The molecule has 0 aromatic heterocycles. The molecular weight excluding hydrogens is 384 g/mol. The first kappa shape index (κ1) is 23.1. The summed E-state index contributed by atoms with van der Waals surface area (Å²) in [5.41, 5.74) is 15.0. The van der Waals surface area contributed by atoms with Crippen molar-refractivity contribution in [3.8, 4) is 0 Å². The second kappa shape index (κ2) is 6.72. The second-order valence-electron chi connectivity index (χ2n) is 11.8. The number of rotatable bonds is 1. The van der Waals surface area contributed by atoms with Crippen LogP contribution in [0.15, 0.2) is 65.3 Å². The van der Waals surface area contributed by atoms with Gasteiger partial charge in [-0.25, -0.2) is 0 Å². The Kier molecular flexibility index (Phi) is 4.85. The van der Waals surface area contributed by atoms with Crippen LogP contribution in [0, 0.1) is 36.0 Å². The van der Waals surface area contributed by atoms with Gasteiger partial charge in [0.15, 0.2) is 0 Å². The molecule has 0 N–H and O–H groups in total. The lowest BCUT2D eigenvalue weighted by Crippen LogP contribution is -2.58. The van der Waals surface area contributed by atoms with E-state index in [0.717, 1.165) is 12.0 Å². The van der Waals surface area contributed by atoms with Crippen molar-refractivity contribution in [3.63, 3.8) is 0 Å². The van der Waals surface area contributed by atoms with E-state index in [0.29, 0.717) is 11.8 Å². The van der Waals surface area contributed by atoms with E-state index in [1.165, 1.54) is 55.7 Å². The van der Waals surface area contributed by atoms with Gasteiger partial charge < -0.3 is 0 Å². The molecule has 0 saturated heterocycles. The molecule has 3 aliphatic carbocycles. The fourth-order valence-electron chi connectivity index (χ4n) is 8.42. The number of benzene rings is 1. The van der Waals surface area contributed by atoms with Gasteiger partial charge in [0.2, 0.25) is 0 Å². The van der Waals surface area contributed by atoms with Crippen molar-refractivity contribution in [3.05, 3.63) is 87.6 Å². The standard InChI is InChI=1S/C32H42/c1-17(2)26-20(5)16-30(11)25(10)31(12)22(7)28-19(4)15-14-18(3)27(28)21(6)29(31)24(9)32(30,13)23(26)8/h14-15,22,25H,1,6,8,16H2,2-5,7,9-13H3/t22-,25+,30+,31-,32-/m1/s1. The molecule has 32 heavy (non-hydrogen) atoms. The van der Waals surface area contributed by atoms with Gasteiger partial charge in [0.05, 0.1) is 0 Å². The van der Waals surface area contributed by atoms with Crippen molar-refractivity contribution < 1.29 is 0 Å². The van der Waals surface area contributed by atoms with Crippen molar-refractivity contribution >= 4 is 5.57 Å². The highest BCUT2D eigenvalue weighted by atomic mass is 14.7. The van der Waals surface area contributed by atoms with E-state index in [2.05, 4.69) is 87.9 Å². The molecule has 0 heterocycles. The summed E-state index contributed by atoms with van der Waals surface area (Å²) in [6, 6.07) is 4.57. The molecule has 4 rings (SSSR count). The van der Waals surface area contributed by atoms with Gasteiger partial charge in [-0.2, -0.15) is 0 Å². The average molecular weight is 427 g/mol. The van der Waals surface area contributed by atoms with Crippen LogP contribution in [-0.4, -0.2) is 0 Å². The van der Waals surface area contributed by atoms with Crippen LogP contribution in [0.4, 0.5) is 0 Å². The van der Waals surface area contributed by atoms with Crippen LogP contribution < -0.4 is 0 Å². The van der Waals surface area contributed by atoms with E-state index in [9.17, 15) is 0 Å². The first-order chi connectivity index (χ1) is 14.7. The SMILES string of the molecule is C=C(C)C1=C(C)C[C@@]2(C)[C@H](C)[C@]3(C)C(=C(C)[C@@]2(C)C1=C)C(=C)c1c(C)ccc(C)c1[C@H]3C. The molecule has 0 amide bonds. The Hall–Kier alpha value is -2.08. The Morgan fingerprint density at radius 1 is 0.969 bits per heavy atom. The smallest absolute Gasteiger partial charge is 0.0196 e. The maximum atomic E-state index is 4.77. The molecular formula is C32H42. The van der Waals surface area contributed by atoms with Crippen LogP contribution >= 0.6 is 0 Å². The van der Waals surface area contributed by atoms with Gasteiger partial charge in [-0.3, -0.25) is 0 Å². The third-order valence-corrected chi connectivity index (χ3v) is 10.7. The Bertz CT molecular complexity index is 1160. The van der Waals surface area contributed by atoms with Crippen molar-refractivity contribution in [1.29, 1.82) is 0 Å². The molecule has 0 aliphatic heterocycles. The summed E-state index contributed by atoms with van der Waals surface area (Å²) < 4.78 is 0. The van der Waals surface area contributed by atoms with Gasteiger partial charge in [-0.1, -0.05) is 83.2 Å². The van der Waals surface area contributed by atoms with Gasteiger partial charge in [0.1, 0.15) is 0 Å². The molecule has 170 valence electrons. The van der Waals surface area contributed by atoms with Gasteiger partial charge in [-0.05, 0) is 103 Å². The van der Waals surface area contributed by atoms with Gasteiger partial charge >= 0.3 is 0 Å². The maximum Gasteiger partial charge on any atom is 0.0196 e. The molecule has 0 fully saturated rings. The average Bonchev–Trinajstić information content (AvgIpc) is 2.70. The lowest BCUT2D eigenvalue weighted by Gasteiger charge is -2.67. The van der Waals surface area contributed by atoms with E-state index in [-0.39, 0.29) is 16.2 Å². The molecule has 0 unspecified atom stereocenters. The fourth-order valence-corrected chi connectivity index (χ4v) is 8.42. The van der Waals surface area contributed by atoms with Gasteiger partial charge in [0.25, 0.3) is 0 Å². The van der Waals surface area contributed by atoms with Crippen molar-refractivity contribution in [2.45, 2.75) is 81.6 Å². The summed E-state index contributed by atoms with van der Waals surface area (Å²) in [5, 5.41) is 0. The zero-order valence-electron chi connectivity index (χ0n) is 22.1. The van der Waals surface area contributed by atoms with Crippen LogP contribution in [0.1, 0.15) is 90.0 Å². The Balaban J connectivity index is 2.13. The molecule has 1 aromatic carbocycles. The van der Waals surface area contributed by atoms with E-state index in [1.54, 1.807) is 0 Å². The first-order valence-corrected chi connectivity index (χ1v) is 12.2. The highest BCUT2D eigenvalue weighted by Crippen LogP contribution is 2.74. The Labute approximate surface area is 196 Å². The van der Waals surface area contributed by atoms with Crippen LogP contribution in [0.2, 0.25) is 0 Å². The predicted octanol–water partition coefficient (Wildman–Crippen LogP) is 9.27. The number of allylic oxidation sites excluding steroid dienone is 7. The van der Waals surface area contributed by atoms with Crippen LogP contribution in [0.25, 0.3) is 5.57 Å². The number of hydrogen-bond acceptors (Lipinski definition) is 0. The minimum Gasteiger partial charge on any atom is -0.0955 e. The number of fused-ring (bicyclic) bond motifs is 3. The van der Waals surface area contributed by atoms with Crippen LogP contribution in [0.5, 0.6) is 0 Å². The Morgan fingerprint density at radius 2 is 1.53 bits per heavy atom. The minimum absolute atomic E-state index is 0.0300. The molecule has 3 aliphatic rings. The number of hydrogen-bond donors (Lipinski definition) is 0. The molecule has 0 spiro atoms. The quantitative estimate of drug-likeness (QED) is 0.419. The number of aryl methyl sites for hydroxylation is 2. The molecule has 5 atom stereocenters. The first-order valence-electron chi connectivity index (χ1n) is 12.2. The van der Waals surface area contributed by atoms with Crippen LogP contribution in [0.3, 0.4) is 0 Å². The second-order valence-corrected chi connectivity index (χ2v) is 11.8. The minimum atomic E-state index is -0.118. The van der Waals surface area contributed by atoms with E-state index >= 15 is 0 Å². The summed E-state index contributed by atoms with van der Waals surface area (Å²) in [6.07, 6.45) is 1.09. The lowest BCUT2D eigenvalue weighted by atomic mass is 9.36. The zero-order chi connectivity index (χ0) is 24.1. The van der Waals surface area contributed by atoms with Gasteiger partial charge in [0, 0.05) is 10.8 Å². The topological polar surface area (TPSA) is 0 Å². The highest BCUT2D eigenvalue weighted by Gasteiger charge is 2.65. The predicted molar refractivity (Wildman–Crippen MR) is 141 cm³/mol. The van der Waals surface area contributed by atoms with E-state index in [1.807, 2.05) is 0 Å². The molecule has 0 radical (unpaired) electrons. The summed E-state index contributed by atoms with van der Waals surface area (Å²) in [7, 11) is 0. The third kappa shape index (κ3) is 2.34. The van der Waals surface area contributed by atoms with E-state index < -0.39 is 0 Å². The molecule has 0 heteroatoms. The highest BCUT2D eigenvalue weighted by molar-refractivity contribution is 5.88. The van der Waals surface area contributed by atoms with Gasteiger partial charge in [-0.15, -0.1) is 0 Å². The summed E-state index contributed by atoms with van der Waals surface area (Å²) in [6.45, 7) is 37.7. The van der Waals surface area contributed by atoms with Crippen molar-refractivity contribution in [2.75, 3.05) is 0 Å². The molecule has 1 aromatic rings. The summed E-state index contributed by atoms with van der Waals surface area (Å²) in [5.74, 6) is 0.904. The van der Waals surface area contributed by atoms with E-state index in [4.69, 9.17) is 13.2 Å². The molecule has 0 bridgehead atoms. The lowest BCUT2D eigenvalue weighted by molar-refractivity contribution is -0.0261. The third-order valence-electron chi connectivity index (χ3n) is 10.7. The maximum absolute atomic E-state index is 4.77. The Morgan fingerprint density at radius 3 is 2.09 bits per heavy atom. The molecule has 0 saturated carbocycles. The summed E-state index contributed by atoms with van der Waals surface area (Å²) in [4.78, 5) is 0.